The van der Waals surface area contributed by atoms with Gasteiger partial charge in [-0.2, -0.15) is 4.98 Å². The summed E-state index contributed by atoms with van der Waals surface area (Å²) in [5, 5.41) is 9.02. The minimum atomic E-state index is -0.861. The standard InChI is InChI=1S/C35H36N4O5/c36-21-7-6-15-31(37-35(41)43-24-26-9-2-1-3-10-26)33(40)34-38-32(44-39-34)23-25-16-18-29(19-17-25)42-22-20-28-13-8-12-27-11-4-5-14-30(27)28/h1-5,8-14,16-19,31H,6-7,15,20-24,36H2,(H,37,41)/t31-/m0/s1. The number of hydrogen-bond donors (Lipinski definition) is 2. The molecule has 3 N–H and O–H groups in total. The normalized spacial score (nSPS) is 11.7. The third-order valence-corrected chi connectivity index (χ3v) is 7.26. The Balaban J connectivity index is 1.13. The maximum Gasteiger partial charge on any atom is 0.408 e. The largest absolute Gasteiger partial charge is 0.493 e. The van der Waals surface area contributed by atoms with E-state index in [1.807, 2.05) is 60.7 Å². The van der Waals surface area contributed by atoms with Gasteiger partial charge < -0.3 is 25.0 Å². The Bertz CT molecular complexity index is 1650. The molecule has 9 heteroatoms. The predicted octanol–water partition coefficient (Wildman–Crippen LogP) is 6.04. The molecule has 1 atom stereocenters. The number of carbonyl (C=O) groups excluding carboxylic acids is 2. The topological polar surface area (TPSA) is 130 Å². The highest BCUT2D eigenvalue weighted by molar-refractivity contribution is 5.98. The van der Waals surface area contributed by atoms with Crippen molar-refractivity contribution in [2.45, 2.75) is 44.8 Å². The van der Waals surface area contributed by atoms with Crippen molar-refractivity contribution in [3.63, 3.8) is 0 Å². The van der Waals surface area contributed by atoms with Gasteiger partial charge in [0.05, 0.1) is 19.1 Å². The number of Topliss-reactive ketones (excluding diaryl/α,β-unsaturated/α-hetero) is 1. The summed E-state index contributed by atoms with van der Waals surface area (Å²) in [4.78, 5) is 30.0. The van der Waals surface area contributed by atoms with Gasteiger partial charge in [-0.25, -0.2) is 4.79 Å². The summed E-state index contributed by atoms with van der Waals surface area (Å²) < 4.78 is 16.7. The number of aromatic nitrogens is 2. The van der Waals surface area contributed by atoms with Crippen molar-refractivity contribution in [2.24, 2.45) is 5.73 Å². The number of unbranched alkanes of at least 4 members (excludes halogenated alkanes) is 1. The lowest BCUT2D eigenvalue weighted by atomic mass is 10.0. The summed E-state index contributed by atoms with van der Waals surface area (Å²) in [5.74, 6) is 0.532. The van der Waals surface area contributed by atoms with Crippen molar-refractivity contribution in [1.82, 2.24) is 15.5 Å². The van der Waals surface area contributed by atoms with Gasteiger partial charge in [0.2, 0.25) is 17.5 Å². The fraction of sp³-hybridized carbons (Fsp3) is 0.257. The smallest absolute Gasteiger partial charge is 0.408 e. The van der Waals surface area contributed by atoms with Crippen LogP contribution in [0.25, 0.3) is 10.8 Å². The van der Waals surface area contributed by atoms with Crippen LogP contribution in [0.15, 0.2) is 102 Å². The van der Waals surface area contributed by atoms with Crippen LogP contribution in [0.3, 0.4) is 0 Å². The lowest BCUT2D eigenvalue weighted by Crippen LogP contribution is -2.41. The summed E-state index contributed by atoms with van der Waals surface area (Å²) in [7, 11) is 0. The van der Waals surface area contributed by atoms with Crippen molar-refractivity contribution in [1.29, 1.82) is 0 Å². The number of fused-ring (bicyclic) bond motifs is 1. The molecule has 0 aliphatic rings. The Morgan fingerprint density at radius 1 is 0.864 bits per heavy atom. The third kappa shape index (κ3) is 8.52. The van der Waals surface area contributed by atoms with E-state index in [1.165, 1.54) is 16.3 Å². The first-order valence-corrected chi connectivity index (χ1v) is 14.8. The third-order valence-electron chi connectivity index (χ3n) is 7.26. The molecular formula is C35H36N4O5. The van der Waals surface area contributed by atoms with E-state index in [0.717, 1.165) is 23.3 Å². The second-order valence-electron chi connectivity index (χ2n) is 10.5. The molecule has 1 aromatic heterocycles. The zero-order chi connectivity index (χ0) is 30.6. The van der Waals surface area contributed by atoms with E-state index in [2.05, 4.69) is 51.9 Å². The van der Waals surface area contributed by atoms with E-state index in [1.54, 1.807) is 0 Å². The average Bonchev–Trinajstić information content (AvgIpc) is 3.53. The predicted molar refractivity (Wildman–Crippen MR) is 167 cm³/mol. The van der Waals surface area contributed by atoms with Gasteiger partial charge in [0.15, 0.2) is 0 Å². The minimum absolute atomic E-state index is 0.0884. The Morgan fingerprint density at radius 2 is 1.64 bits per heavy atom. The number of nitrogens with two attached hydrogens (primary N) is 1. The SMILES string of the molecule is NCCCC[C@H](NC(=O)OCc1ccccc1)C(=O)c1noc(Cc2ccc(OCCc3cccc4ccccc34)cc2)n1. The van der Waals surface area contributed by atoms with E-state index in [-0.39, 0.29) is 12.4 Å². The zero-order valence-electron chi connectivity index (χ0n) is 24.5. The van der Waals surface area contributed by atoms with Gasteiger partial charge in [0.1, 0.15) is 12.4 Å². The molecule has 9 nitrogen and oxygen atoms in total. The van der Waals surface area contributed by atoms with Crippen LogP contribution in [0.2, 0.25) is 0 Å². The van der Waals surface area contributed by atoms with E-state index in [4.69, 9.17) is 19.7 Å². The summed E-state index contributed by atoms with van der Waals surface area (Å²) in [6.07, 6.45) is 2.19. The molecule has 4 aromatic carbocycles. The fourth-order valence-electron chi connectivity index (χ4n) is 4.92. The molecule has 0 spiro atoms. The summed E-state index contributed by atoms with van der Waals surface area (Å²) >= 11 is 0. The zero-order valence-corrected chi connectivity index (χ0v) is 24.5. The molecule has 0 bridgehead atoms. The van der Waals surface area contributed by atoms with Gasteiger partial charge in [-0.15, -0.1) is 0 Å². The van der Waals surface area contributed by atoms with Crippen molar-refractivity contribution in [2.75, 3.05) is 13.2 Å². The van der Waals surface area contributed by atoms with E-state index >= 15 is 0 Å². The number of carbonyl (C=O) groups is 2. The van der Waals surface area contributed by atoms with Crippen LogP contribution >= 0.6 is 0 Å². The number of rotatable bonds is 15. The molecule has 0 saturated carbocycles. The average molecular weight is 593 g/mol. The monoisotopic (exact) mass is 592 g/mol. The van der Waals surface area contributed by atoms with Gasteiger partial charge in [-0.05, 0) is 65.4 Å². The number of amides is 1. The van der Waals surface area contributed by atoms with Crippen LogP contribution in [0.1, 0.15) is 52.5 Å². The number of hydrogen-bond acceptors (Lipinski definition) is 8. The Hall–Kier alpha value is -5.02. The molecular weight excluding hydrogens is 556 g/mol. The maximum absolute atomic E-state index is 13.2. The second kappa shape index (κ2) is 15.5. The number of ketones is 1. The molecule has 5 aromatic rings. The van der Waals surface area contributed by atoms with Gasteiger partial charge >= 0.3 is 6.09 Å². The van der Waals surface area contributed by atoms with Crippen LogP contribution in [0.5, 0.6) is 5.75 Å². The minimum Gasteiger partial charge on any atom is -0.493 e. The Morgan fingerprint density at radius 3 is 2.45 bits per heavy atom. The number of ether oxygens (including phenoxy) is 2. The van der Waals surface area contributed by atoms with E-state index in [0.29, 0.717) is 44.7 Å². The van der Waals surface area contributed by atoms with Gasteiger partial charge in [-0.3, -0.25) is 4.79 Å². The van der Waals surface area contributed by atoms with Gasteiger partial charge in [-0.1, -0.05) is 90.1 Å². The van der Waals surface area contributed by atoms with Crippen molar-refractivity contribution in [3.8, 4) is 5.75 Å². The molecule has 0 radical (unpaired) electrons. The van der Waals surface area contributed by atoms with Crippen LogP contribution in [-0.2, 0) is 24.2 Å². The molecule has 0 aliphatic carbocycles. The lowest BCUT2D eigenvalue weighted by molar-refractivity contribution is 0.0896. The molecule has 0 unspecified atom stereocenters. The maximum atomic E-state index is 13.2. The second-order valence-corrected chi connectivity index (χ2v) is 10.5. The number of benzene rings is 4. The summed E-state index contributed by atoms with van der Waals surface area (Å²) in [5.41, 5.74) is 8.65. The first-order chi connectivity index (χ1) is 21.6. The number of alkyl carbamates (subject to hydrolysis) is 1. The molecule has 1 amide bonds. The lowest BCUT2D eigenvalue weighted by Gasteiger charge is -2.16. The molecule has 226 valence electrons. The highest BCUT2D eigenvalue weighted by atomic mass is 16.5. The molecule has 0 saturated heterocycles. The summed E-state index contributed by atoms with van der Waals surface area (Å²) in [6, 6.07) is 30.8. The van der Waals surface area contributed by atoms with E-state index in [9.17, 15) is 9.59 Å². The van der Waals surface area contributed by atoms with Crippen molar-refractivity contribution in [3.05, 3.63) is 125 Å². The quantitative estimate of drug-likeness (QED) is 0.111. The van der Waals surface area contributed by atoms with Gasteiger partial charge in [0, 0.05) is 6.42 Å². The molecule has 5 rings (SSSR count). The fourth-order valence-corrected chi connectivity index (χ4v) is 4.92. The summed E-state index contributed by atoms with van der Waals surface area (Å²) in [6.45, 7) is 1.14. The molecule has 44 heavy (non-hydrogen) atoms. The van der Waals surface area contributed by atoms with Crippen LogP contribution in [0, 0.1) is 0 Å². The Labute approximate surface area is 256 Å². The molecule has 0 fully saturated rings. The van der Waals surface area contributed by atoms with Crippen LogP contribution < -0.4 is 15.8 Å². The molecule has 1 heterocycles. The highest BCUT2D eigenvalue weighted by Crippen LogP contribution is 2.20. The van der Waals surface area contributed by atoms with Crippen molar-refractivity contribution < 1.29 is 23.6 Å². The number of nitrogens with one attached hydrogen (secondary N) is 1. The Kier molecular flexibility index (Phi) is 10.7. The highest BCUT2D eigenvalue weighted by Gasteiger charge is 2.27. The van der Waals surface area contributed by atoms with Crippen LogP contribution in [-0.4, -0.2) is 41.2 Å². The molecule has 0 aliphatic heterocycles. The first kappa shape index (κ1) is 30.4. The first-order valence-electron chi connectivity index (χ1n) is 14.8. The number of nitrogens with zero attached hydrogens (tertiary/aromatic N) is 2. The van der Waals surface area contributed by atoms with E-state index < -0.39 is 17.9 Å². The van der Waals surface area contributed by atoms with Crippen LogP contribution in [0.4, 0.5) is 4.79 Å². The van der Waals surface area contributed by atoms with Gasteiger partial charge in [0.25, 0.3) is 0 Å². The van der Waals surface area contributed by atoms with Crippen molar-refractivity contribution >= 4 is 22.6 Å².